The lowest BCUT2D eigenvalue weighted by Gasteiger charge is -2.24. The Balaban J connectivity index is 1.50. The van der Waals surface area contributed by atoms with E-state index in [1.165, 1.54) is 5.56 Å². The van der Waals surface area contributed by atoms with Crippen LogP contribution in [0.15, 0.2) is 24.3 Å². The molecule has 1 saturated heterocycles. The van der Waals surface area contributed by atoms with E-state index in [1.54, 1.807) is 0 Å². The lowest BCUT2D eigenvalue weighted by molar-refractivity contribution is 0.0800. The minimum Gasteiger partial charge on any atom is -0.381 e. The van der Waals surface area contributed by atoms with E-state index >= 15 is 0 Å². The molecule has 1 aromatic carbocycles. The van der Waals surface area contributed by atoms with Crippen molar-refractivity contribution in [1.82, 2.24) is 10.6 Å². The normalized spacial score (nSPS) is 20.8. The van der Waals surface area contributed by atoms with E-state index in [4.69, 9.17) is 16.3 Å². The molecule has 1 aromatic rings. The molecule has 2 aliphatic rings. The summed E-state index contributed by atoms with van der Waals surface area (Å²) in [4.78, 5) is 12.0. The minimum atomic E-state index is -0.0675. The van der Waals surface area contributed by atoms with E-state index in [2.05, 4.69) is 22.8 Å². The summed E-state index contributed by atoms with van der Waals surface area (Å²) in [5, 5.41) is 6.80. The maximum Gasteiger partial charge on any atom is 0.315 e. The molecule has 1 aliphatic heterocycles. The molecule has 1 aliphatic carbocycles. The summed E-state index contributed by atoms with van der Waals surface area (Å²) in [6.45, 7) is 2.16. The standard InChI is InChI=1S/C16H21ClN2O2/c17-13-3-1-12(2-4-13)16(7-8-16)11-18-15(20)19-14-5-9-21-10-6-14/h1-4,14H,5-11H2,(H2,18,19,20). The van der Waals surface area contributed by atoms with Gasteiger partial charge in [-0.25, -0.2) is 4.79 Å². The van der Waals surface area contributed by atoms with Gasteiger partial charge < -0.3 is 15.4 Å². The number of halogens is 1. The Bertz CT molecular complexity index is 494. The van der Waals surface area contributed by atoms with Crippen molar-refractivity contribution in [3.63, 3.8) is 0 Å². The van der Waals surface area contributed by atoms with Crippen LogP contribution in [0.5, 0.6) is 0 Å². The molecule has 0 spiro atoms. The zero-order chi connectivity index (χ0) is 14.7. The zero-order valence-electron chi connectivity index (χ0n) is 12.0. The molecule has 3 rings (SSSR count). The van der Waals surface area contributed by atoms with Crippen molar-refractivity contribution in [3.05, 3.63) is 34.9 Å². The van der Waals surface area contributed by atoms with Gasteiger partial charge in [-0.05, 0) is 43.4 Å². The van der Waals surface area contributed by atoms with Crippen molar-refractivity contribution < 1.29 is 9.53 Å². The first kappa shape index (κ1) is 14.7. The highest BCUT2D eigenvalue weighted by atomic mass is 35.5. The summed E-state index contributed by atoms with van der Waals surface area (Å²) < 4.78 is 5.29. The highest BCUT2D eigenvalue weighted by molar-refractivity contribution is 6.30. The van der Waals surface area contributed by atoms with E-state index in [0.29, 0.717) is 6.54 Å². The monoisotopic (exact) mass is 308 g/mol. The molecular weight excluding hydrogens is 288 g/mol. The van der Waals surface area contributed by atoms with E-state index in [9.17, 15) is 4.79 Å². The van der Waals surface area contributed by atoms with Crippen molar-refractivity contribution >= 4 is 17.6 Å². The van der Waals surface area contributed by atoms with Crippen LogP contribution in [0.1, 0.15) is 31.2 Å². The van der Waals surface area contributed by atoms with Gasteiger partial charge in [0.15, 0.2) is 0 Å². The zero-order valence-corrected chi connectivity index (χ0v) is 12.8. The fourth-order valence-electron chi connectivity index (χ4n) is 2.85. The summed E-state index contributed by atoms with van der Waals surface area (Å²) in [6, 6.07) is 8.13. The third-order valence-electron chi connectivity index (χ3n) is 4.45. The lowest BCUT2D eigenvalue weighted by Crippen LogP contribution is -2.46. The Kier molecular flexibility index (Phi) is 4.36. The quantitative estimate of drug-likeness (QED) is 0.898. The molecular formula is C16H21ClN2O2. The molecule has 0 radical (unpaired) electrons. The molecule has 114 valence electrons. The third kappa shape index (κ3) is 3.69. The molecule has 21 heavy (non-hydrogen) atoms. The van der Waals surface area contributed by atoms with Crippen molar-refractivity contribution in [2.24, 2.45) is 0 Å². The number of hydrogen-bond acceptors (Lipinski definition) is 2. The topological polar surface area (TPSA) is 50.4 Å². The number of rotatable bonds is 4. The fraction of sp³-hybridized carbons (Fsp3) is 0.562. The second-order valence-electron chi connectivity index (χ2n) is 6.00. The first-order valence-electron chi connectivity index (χ1n) is 7.56. The Hall–Kier alpha value is -1.26. The highest BCUT2D eigenvalue weighted by Gasteiger charge is 2.44. The Morgan fingerprint density at radius 3 is 2.52 bits per heavy atom. The summed E-state index contributed by atoms with van der Waals surface area (Å²) in [5.41, 5.74) is 1.37. The van der Waals surface area contributed by atoms with Gasteiger partial charge in [-0.2, -0.15) is 0 Å². The summed E-state index contributed by atoms with van der Waals surface area (Å²) in [6.07, 6.45) is 4.03. The molecule has 0 aromatic heterocycles. The van der Waals surface area contributed by atoms with Crippen LogP contribution in [-0.4, -0.2) is 31.8 Å². The predicted molar refractivity (Wildman–Crippen MR) is 82.7 cm³/mol. The molecule has 2 N–H and O–H groups in total. The van der Waals surface area contributed by atoms with E-state index in [1.807, 2.05) is 12.1 Å². The average Bonchev–Trinajstić information content (AvgIpc) is 3.28. The molecule has 2 fully saturated rings. The molecule has 1 heterocycles. The van der Waals surface area contributed by atoms with Gasteiger partial charge in [0, 0.05) is 36.2 Å². The number of carbonyl (C=O) groups excluding carboxylic acids is 1. The maximum atomic E-state index is 12.0. The lowest BCUT2D eigenvalue weighted by atomic mass is 9.96. The number of hydrogen-bond donors (Lipinski definition) is 2. The van der Waals surface area contributed by atoms with Crippen LogP contribution in [0.2, 0.25) is 5.02 Å². The van der Waals surface area contributed by atoms with Gasteiger partial charge >= 0.3 is 6.03 Å². The first-order valence-corrected chi connectivity index (χ1v) is 7.94. The van der Waals surface area contributed by atoms with Gasteiger partial charge in [0.05, 0.1) is 0 Å². The van der Waals surface area contributed by atoms with Gasteiger partial charge in [0.1, 0.15) is 0 Å². The van der Waals surface area contributed by atoms with Crippen LogP contribution in [-0.2, 0) is 10.2 Å². The van der Waals surface area contributed by atoms with Gasteiger partial charge in [-0.1, -0.05) is 23.7 Å². The van der Waals surface area contributed by atoms with Crippen LogP contribution in [0, 0.1) is 0 Å². The van der Waals surface area contributed by atoms with Crippen molar-refractivity contribution in [2.75, 3.05) is 19.8 Å². The molecule has 1 saturated carbocycles. The third-order valence-corrected chi connectivity index (χ3v) is 4.71. The molecule has 2 amide bonds. The van der Waals surface area contributed by atoms with Crippen molar-refractivity contribution in [3.8, 4) is 0 Å². The van der Waals surface area contributed by atoms with E-state index in [0.717, 1.165) is 43.9 Å². The summed E-state index contributed by atoms with van der Waals surface area (Å²) >= 11 is 5.93. The minimum absolute atomic E-state index is 0.0675. The molecule has 4 nitrogen and oxygen atoms in total. The largest absolute Gasteiger partial charge is 0.381 e. The molecule has 5 heteroatoms. The number of benzene rings is 1. The van der Waals surface area contributed by atoms with Gasteiger partial charge in [-0.3, -0.25) is 0 Å². The smallest absolute Gasteiger partial charge is 0.315 e. The second kappa shape index (κ2) is 6.24. The SMILES string of the molecule is O=C(NCC1(c2ccc(Cl)cc2)CC1)NC1CCOCC1. The van der Waals surface area contributed by atoms with E-state index in [-0.39, 0.29) is 17.5 Å². The van der Waals surface area contributed by atoms with Gasteiger partial charge in [0.2, 0.25) is 0 Å². The van der Waals surface area contributed by atoms with Crippen LogP contribution in [0.25, 0.3) is 0 Å². The maximum absolute atomic E-state index is 12.0. The first-order chi connectivity index (χ1) is 10.2. The Morgan fingerprint density at radius 2 is 1.90 bits per heavy atom. The predicted octanol–water partition coefficient (Wildman–Crippen LogP) is 2.85. The number of carbonyl (C=O) groups is 1. The van der Waals surface area contributed by atoms with Gasteiger partial charge in [0.25, 0.3) is 0 Å². The molecule has 0 unspecified atom stereocenters. The Morgan fingerprint density at radius 1 is 1.24 bits per heavy atom. The fourth-order valence-corrected chi connectivity index (χ4v) is 2.98. The number of nitrogens with one attached hydrogen (secondary N) is 2. The number of ether oxygens (including phenoxy) is 1. The van der Waals surface area contributed by atoms with Crippen molar-refractivity contribution in [2.45, 2.75) is 37.1 Å². The Labute approximate surface area is 130 Å². The van der Waals surface area contributed by atoms with Crippen molar-refractivity contribution in [1.29, 1.82) is 0 Å². The molecule has 0 bridgehead atoms. The van der Waals surface area contributed by atoms with E-state index < -0.39 is 0 Å². The summed E-state index contributed by atoms with van der Waals surface area (Å²) in [5.74, 6) is 0. The summed E-state index contributed by atoms with van der Waals surface area (Å²) in [7, 11) is 0. The van der Waals surface area contributed by atoms with Crippen LogP contribution < -0.4 is 10.6 Å². The number of urea groups is 1. The van der Waals surface area contributed by atoms with Crippen LogP contribution >= 0.6 is 11.6 Å². The highest BCUT2D eigenvalue weighted by Crippen LogP contribution is 2.47. The van der Waals surface area contributed by atoms with Crippen LogP contribution in [0.3, 0.4) is 0 Å². The van der Waals surface area contributed by atoms with Gasteiger partial charge in [-0.15, -0.1) is 0 Å². The van der Waals surface area contributed by atoms with Crippen LogP contribution in [0.4, 0.5) is 4.79 Å². The second-order valence-corrected chi connectivity index (χ2v) is 6.44. The average molecular weight is 309 g/mol. The molecule has 0 atom stereocenters. The number of amides is 2.